The summed E-state index contributed by atoms with van der Waals surface area (Å²) in [5.74, 6) is 0.776. The summed E-state index contributed by atoms with van der Waals surface area (Å²) >= 11 is 0. The minimum Gasteiger partial charge on any atom is -0.489 e. The molecule has 0 aliphatic rings. The number of benzene rings is 2. The number of hydrogen-bond acceptors (Lipinski definition) is 5. The van der Waals surface area contributed by atoms with Gasteiger partial charge in [-0.3, -0.25) is 0 Å². The molecule has 1 N–H and O–H groups in total. The van der Waals surface area contributed by atoms with Crippen LogP contribution in [0.5, 0.6) is 5.75 Å². The SMILES string of the molecule is OCc1ccc(COc2ccc(-n3cnnn3)cc2)cc1. The number of tetrazole rings is 1. The zero-order chi connectivity index (χ0) is 14.5. The number of aromatic nitrogens is 4. The van der Waals surface area contributed by atoms with Crippen LogP contribution in [0.1, 0.15) is 11.1 Å². The predicted molar refractivity (Wildman–Crippen MR) is 75.9 cm³/mol. The molecule has 6 heteroatoms. The summed E-state index contributed by atoms with van der Waals surface area (Å²) in [5.41, 5.74) is 2.82. The molecule has 0 spiro atoms. The van der Waals surface area contributed by atoms with Gasteiger partial charge in [-0.1, -0.05) is 24.3 Å². The van der Waals surface area contributed by atoms with E-state index < -0.39 is 0 Å². The van der Waals surface area contributed by atoms with E-state index in [-0.39, 0.29) is 6.61 Å². The van der Waals surface area contributed by atoms with Crippen molar-refractivity contribution in [1.82, 2.24) is 20.2 Å². The van der Waals surface area contributed by atoms with Crippen molar-refractivity contribution >= 4 is 0 Å². The first kappa shape index (κ1) is 13.3. The maximum Gasteiger partial charge on any atom is 0.143 e. The van der Waals surface area contributed by atoms with Gasteiger partial charge in [-0.05, 0) is 45.8 Å². The fourth-order valence-electron chi connectivity index (χ4n) is 1.88. The van der Waals surface area contributed by atoms with E-state index in [1.807, 2.05) is 48.5 Å². The molecule has 1 heterocycles. The Hall–Kier alpha value is -2.73. The lowest BCUT2D eigenvalue weighted by molar-refractivity contribution is 0.281. The van der Waals surface area contributed by atoms with E-state index in [4.69, 9.17) is 9.84 Å². The Bertz CT molecular complexity index is 679. The van der Waals surface area contributed by atoms with Gasteiger partial charge in [-0.25, -0.2) is 4.68 Å². The van der Waals surface area contributed by atoms with Crippen molar-refractivity contribution in [2.75, 3.05) is 0 Å². The van der Waals surface area contributed by atoms with Crippen LogP contribution >= 0.6 is 0 Å². The highest BCUT2D eigenvalue weighted by Crippen LogP contribution is 2.16. The molecule has 0 fully saturated rings. The van der Waals surface area contributed by atoms with Crippen LogP contribution < -0.4 is 4.74 Å². The fraction of sp³-hybridized carbons (Fsp3) is 0.133. The molecule has 0 atom stereocenters. The first-order chi connectivity index (χ1) is 10.3. The van der Waals surface area contributed by atoms with Gasteiger partial charge < -0.3 is 9.84 Å². The Kier molecular flexibility index (Phi) is 3.88. The zero-order valence-electron chi connectivity index (χ0n) is 11.3. The topological polar surface area (TPSA) is 73.1 Å². The van der Waals surface area contributed by atoms with Gasteiger partial charge in [0, 0.05) is 0 Å². The van der Waals surface area contributed by atoms with Crippen molar-refractivity contribution in [3.8, 4) is 11.4 Å². The lowest BCUT2D eigenvalue weighted by Gasteiger charge is -2.07. The van der Waals surface area contributed by atoms with E-state index in [0.29, 0.717) is 6.61 Å². The minimum atomic E-state index is 0.0553. The van der Waals surface area contributed by atoms with Gasteiger partial charge in [0.25, 0.3) is 0 Å². The molecule has 0 saturated heterocycles. The average molecular weight is 282 g/mol. The summed E-state index contributed by atoms with van der Waals surface area (Å²) in [5, 5.41) is 20.0. The van der Waals surface area contributed by atoms with E-state index in [1.165, 1.54) is 0 Å². The van der Waals surface area contributed by atoms with Gasteiger partial charge in [0.15, 0.2) is 0 Å². The van der Waals surface area contributed by atoms with Gasteiger partial charge in [0.05, 0.1) is 12.3 Å². The molecule has 1 aromatic heterocycles. The molecule has 3 rings (SSSR count). The van der Waals surface area contributed by atoms with Crippen molar-refractivity contribution in [2.24, 2.45) is 0 Å². The first-order valence-corrected chi connectivity index (χ1v) is 6.50. The van der Waals surface area contributed by atoms with Gasteiger partial charge in [-0.2, -0.15) is 0 Å². The molecule has 0 aliphatic heterocycles. The number of hydrogen-bond donors (Lipinski definition) is 1. The van der Waals surface area contributed by atoms with E-state index in [1.54, 1.807) is 11.0 Å². The van der Waals surface area contributed by atoms with Crippen LogP contribution in [0.15, 0.2) is 54.9 Å². The highest BCUT2D eigenvalue weighted by Gasteiger charge is 2.00. The fourth-order valence-corrected chi connectivity index (χ4v) is 1.88. The van der Waals surface area contributed by atoms with Crippen LogP contribution in [0, 0.1) is 0 Å². The van der Waals surface area contributed by atoms with Crippen molar-refractivity contribution in [1.29, 1.82) is 0 Å². The van der Waals surface area contributed by atoms with E-state index in [9.17, 15) is 0 Å². The largest absolute Gasteiger partial charge is 0.489 e. The number of rotatable bonds is 5. The zero-order valence-corrected chi connectivity index (χ0v) is 11.3. The molecule has 0 unspecified atom stereocenters. The monoisotopic (exact) mass is 282 g/mol. The third-order valence-electron chi connectivity index (χ3n) is 3.06. The first-order valence-electron chi connectivity index (χ1n) is 6.50. The third kappa shape index (κ3) is 3.24. The van der Waals surface area contributed by atoms with Gasteiger partial charge >= 0.3 is 0 Å². The molecular formula is C15H14N4O2. The number of ether oxygens (including phenoxy) is 1. The van der Waals surface area contributed by atoms with Crippen LogP contribution in [0.3, 0.4) is 0 Å². The molecule has 3 aromatic rings. The Morgan fingerprint density at radius 2 is 1.67 bits per heavy atom. The second-order valence-electron chi connectivity index (χ2n) is 4.51. The Labute approximate surface area is 121 Å². The standard InChI is InChI=1S/C15H14N4O2/c20-9-12-1-3-13(4-2-12)10-21-15-7-5-14(6-8-15)19-11-16-17-18-19/h1-8,11,20H,9-10H2. The summed E-state index contributed by atoms with van der Waals surface area (Å²) < 4.78 is 7.30. The number of nitrogens with zero attached hydrogens (tertiary/aromatic N) is 4. The van der Waals surface area contributed by atoms with Crippen molar-refractivity contribution in [3.63, 3.8) is 0 Å². The molecular weight excluding hydrogens is 268 g/mol. The minimum absolute atomic E-state index is 0.0553. The second kappa shape index (κ2) is 6.15. The van der Waals surface area contributed by atoms with Crippen LogP contribution in [0.25, 0.3) is 5.69 Å². The summed E-state index contributed by atoms with van der Waals surface area (Å²) in [6.07, 6.45) is 1.54. The summed E-state index contributed by atoms with van der Waals surface area (Å²) in [6.45, 7) is 0.537. The molecule has 106 valence electrons. The third-order valence-corrected chi connectivity index (χ3v) is 3.06. The Balaban J connectivity index is 1.62. The molecule has 0 aliphatic carbocycles. The molecule has 21 heavy (non-hydrogen) atoms. The molecule has 0 radical (unpaired) electrons. The van der Waals surface area contributed by atoms with E-state index in [2.05, 4.69) is 15.5 Å². The van der Waals surface area contributed by atoms with Crippen LogP contribution in [-0.2, 0) is 13.2 Å². The second-order valence-corrected chi connectivity index (χ2v) is 4.51. The Morgan fingerprint density at radius 1 is 0.952 bits per heavy atom. The van der Waals surface area contributed by atoms with Crippen molar-refractivity contribution < 1.29 is 9.84 Å². The molecule has 0 amide bonds. The molecule has 0 bridgehead atoms. The number of aliphatic hydroxyl groups is 1. The summed E-state index contributed by atoms with van der Waals surface area (Å²) in [6, 6.07) is 15.2. The maximum atomic E-state index is 8.99. The quantitative estimate of drug-likeness (QED) is 0.771. The number of aliphatic hydroxyl groups excluding tert-OH is 1. The lowest BCUT2D eigenvalue weighted by Crippen LogP contribution is -1.97. The summed E-state index contributed by atoms with van der Waals surface area (Å²) in [7, 11) is 0. The normalized spacial score (nSPS) is 10.5. The van der Waals surface area contributed by atoms with Crippen LogP contribution in [-0.4, -0.2) is 25.3 Å². The molecule has 6 nitrogen and oxygen atoms in total. The highest BCUT2D eigenvalue weighted by atomic mass is 16.5. The van der Waals surface area contributed by atoms with E-state index in [0.717, 1.165) is 22.6 Å². The van der Waals surface area contributed by atoms with Crippen LogP contribution in [0.4, 0.5) is 0 Å². The highest BCUT2D eigenvalue weighted by molar-refractivity contribution is 5.36. The summed E-state index contributed by atoms with van der Waals surface area (Å²) in [4.78, 5) is 0. The lowest BCUT2D eigenvalue weighted by atomic mass is 10.1. The van der Waals surface area contributed by atoms with E-state index >= 15 is 0 Å². The maximum absolute atomic E-state index is 8.99. The Morgan fingerprint density at radius 3 is 2.29 bits per heavy atom. The molecule has 0 saturated carbocycles. The van der Waals surface area contributed by atoms with Crippen molar-refractivity contribution in [2.45, 2.75) is 13.2 Å². The van der Waals surface area contributed by atoms with Gasteiger partial charge in [0.2, 0.25) is 0 Å². The van der Waals surface area contributed by atoms with Crippen LogP contribution in [0.2, 0.25) is 0 Å². The van der Waals surface area contributed by atoms with Gasteiger partial charge in [-0.15, -0.1) is 5.10 Å². The molecule has 2 aromatic carbocycles. The smallest absolute Gasteiger partial charge is 0.143 e. The average Bonchev–Trinajstić information content (AvgIpc) is 3.08. The predicted octanol–water partition coefficient (Wildman–Crippen LogP) is 1.73. The van der Waals surface area contributed by atoms with Crippen molar-refractivity contribution in [3.05, 3.63) is 66.0 Å². The van der Waals surface area contributed by atoms with Gasteiger partial charge in [0.1, 0.15) is 18.7 Å².